The van der Waals surface area contributed by atoms with E-state index in [2.05, 4.69) is 4.72 Å². The molecular formula is C11H20N2O4S. The Morgan fingerprint density at radius 2 is 2.17 bits per heavy atom. The first-order chi connectivity index (χ1) is 8.40. The number of hydrogen-bond donors (Lipinski definition) is 2. The maximum Gasteiger partial charge on any atom is 0.244 e. The summed E-state index contributed by atoms with van der Waals surface area (Å²) in [6.07, 6.45) is 0. The highest BCUT2D eigenvalue weighted by atomic mass is 32.2. The van der Waals surface area contributed by atoms with Gasteiger partial charge in [-0.05, 0) is 20.5 Å². The maximum atomic E-state index is 12.0. The predicted molar refractivity (Wildman–Crippen MR) is 67.7 cm³/mol. The summed E-state index contributed by atoms with van der Waals surface area (Å²) in [4.78, 5) is 2.09. The lowest BCUT2D eigenvalue weighted by Gasteiger charge is -2.13. The zero-order valence-corrected chi connectivity index (χ0v) is 11.7. The average molecular weight is 276 g/mol. The molecule has 0 spiro atoms. The van der Waals surface area contributed by atoms with Crippen LogP contribution in [0.4, 0.5) is 0 Å². The zero-order valence-electron chi connectivity index (χ0n) is 10.9. The van der Waals surface area contributed by atoms with Crippen molar-refractivity contribution in [1.29, 1.82) is 0 Å². The lowest BCUT2D eigenvalue weighted by molar-refractivity contribution is 0.244. The molecule has 0 aliphatic rings. The molecule has 0 bridgehead atoms. The normalized spacial score (nSPS) is 12.3. The molecule has 0 aromatic carbocycles. The van der Waals surface area contributed by atoms with Gasteiger partial charge in [-0.25, -0.2) is 13.1 Å². The van der Waals surface area contributed by atoms with Crippen molar-refractivity contribution in [2.24, 2.45) is 0 Å². The lowest BCUT2D eigenvalue weighted by Crippen LogP contribution is -2.33. The first-order valence-electron chi connectivity index (χ1n) is 5.79. The Kier molecular flexibility index (Phi) is 5.33. The molecule has 2 N–H and O–H groups in total. The van der Waals surface area contributed by atoms with Gasteiger partial charge < -0.3 is 14.4 Å². The molecule has 1 aromatic rings. The Labute approximate surface area is 108 Å². The van der Waals surface area contributed by atoms with Crippen LogP contribution in [-0.2, 0) is 16.6 Å². The van der Waals surface area contributed by atoms with Gasteiger partial charge in [0.1, 0.15) is 23.0 Å². The van der Waals surface area contributed by atoms with Crippen LogP contribution >= 0.6 is 0 Å². The Hall–Kier alpha value is -0.890. The summed E-state index contributed by atoms with van der Waals surface area (Å²) in [5, 5.41) is 8.91. The topological polar surface area (TPSA) is 82.8 Å². The number of nitrogens with one attached hydrogen (secondary N) is 1. The quantitative estimate of drug-likeness (QED) is 0.749. The smallest absolute Gasteiger partial charge is 0.244 e. The SMILES string of the molecule is CCN(C)CCNS(=O)(=O)c1cc(CO)oc1C. The second-order valence-corrected chi connectivity index (χ2v) is 5.82. The lowest BCUT2D eigenvalue weighted by atomic mass is 10.4. The van der Waals surface area contributed by atoms with Crippen molar-refractivity contribution in [2.45, 2.75) is 25.3 Å². The number of hydrogen-bond acceptors (Lipinski definition) is 5. The van der Waals surface area contributed by atoms with E-state index in [-0.39, 0.29) is 23.0 Å². The van der Waals surface area contributed by atoms with E-state index in [9.17, 15) is 8.42 Å². The van der Waals surface area contributed by atoms with Gasteiger partial charge in [0.2, 0.25) is 10.0 Å². The highest BCUT2D eigenvalue weighted by Gasteiger charge is 2.20. The van der Waals surface area contributed by atoms with E-state index in [1.54, 1.807) is 6.92 Å². The summed E-state index contributed by atoms with van der Waals surface area (Å²) >= 11 is 0. The van der Waals surface area contributed by atoms with Crippen molar-refractivity contribution in [2.75, 3.05) is 26.7 Å². The number of aliphatic hydroxyl groups excluding tert-OH is 1. The summed E-state index contributed by atoms with van der Waals surface area (Å²) in [6, 6.07) is 1.35. The van der Waals surface area contributed by atoms with E-state index in [0.717, 1.165) is 6.54 Å². The van der Waals surface area contributed by atoms with E-state index in [0.29, 0.717) is 13.1 Å². The number of aliphatic hydroxyl groups is 1. The third-order valence-electron chi connectivity index (χ3n) is 2.69. The summed E-state index contributed by atoms with van der Waals surface area (Å²) in [6.45, 7) is 5.09. The van der Waals surface area contributed by atoms with Crippen LogP contribution < -0.4 is 4.72 Å². The highest BCUT2D eigenvalue weighted by molar-refractivity contribution is 7.89. The summed E-state index contributed by atoms with van der Waals surface area (Å²) < 4.78 is 31.6. The van der Waals surface area contributed by atoms with Crippen LogP contribution in [0, 0.1) is 6.92 Å². The summed E-state index contributed by atoms with van der Waals surface area (Å²) in [7, 11) is -1.65. The van der Waals surface area contributed by atoms with Gasteiger partial charge in [-0.15, -0.1) is 0 Å². The zero-order chi connectivity index (χ0) is 13.8. The van der Waals surface area contributed by atoms with Crippen molar-refractivity contribution >= 4 is 10.0 Å². The fourth-order valence-electron chi connectivity index (χ4n) is 1.48. The maximum absolute atomic E-state index is 12.0. The predicted octanol–water partition coefficient (Wildman–Crippen LogP) is 0.310. The van der Waals surface area contributed by atoms with E-state index in [1.165, 1.54) is 6.07 Å². The molecule has 1 heterocycles. The number of nitrogens with zero attached hydrogens (tertiary/aromatic N) is 1. The fraction of sp³-hybridized carbons (Fsp3) is 0.636. The van der Waals surface area contributed by atoms with E-state index >= 15 is 0 Å². The largest absolute Gasteiger partial charge is 0.462 e. The average Bonchev–Trinajstić information content (AvgIpc) is 2.71. The van der Waals surface area contributed by atoms with Crippen molar-refractivity contribution in [1.82, 2.24) is 9.62 Å². The Balaban J connectivity index is 2.71. The molecule has 0 unspecified atom stereocenters. The summed E-state index contributed by atoms with van der Waals surface area (Å²) in [5.41, 5.74) is 0. The van der Waals surface area contributed by atoms with Gasteiger partial charge in [-0.3, -0.25) is 0 Å². The third-order valence-corrected chi connectivity index (χ3v) is 4.26. The van der Waals surface area contributed by atoms with Gasteiger partial charge in [-0.2, -0.15) is 0 Å². The van der Waals surface area contributed by atoms with Gasteiger partial charge in [0, 0.05) is 19.2 Å². The molecule has 0 saturated carbocycles. The highest BCUT2D eigenvalue weighted by Crippen LogP contribution is 2.19. The molecule has 0 atom stereocenters. The first kappa shape index (κ1) is 15.2. The number of aryl methyl sites for hydroxylation is 1. The fourth-order valence-corrected chi connectivity index (χ4v) is 2.70. The van der Waals surface area contributed by atoms with Crippen LogP contribution in [0.2, 0.25) is 0 Å². The second-order valence-electron chi connectivity index (χ2n) is 4.08. The van der Waals surface area contributed by atoms with Crippen molar-refractivity contribution in [3.8, 4) is 0 Å². The van der Waals surface area contributed by atoms with Gasteiger partial charge in [-0.1, -0.05) is 6.92 Å². The third kappa shape index (κ3) is 3.81. The van der Waals surface area contributed by atoms with Crippen LogP contribution in [0.3, 0.4) is 0 Å². The Morgan fingerprint density at radius 1 is 1.50 bits per heavy atom. The molecule has 0 amide bonds. The van der Waals surface area contributed by atoms with E-state index in [4.69, 9.17) is 9.52 Å². The monoisotopic (exact) mass is 276 g/mol. The molecule has 6 nitrogen and oxygen atoms in total. The molecule has 1 aromatic heterocycles. The molecule has 7 heteroatoms. The molecule has 0 fully saturated rings. The molecule has 18 heavy (non-hydrogen) atoms. The molecule has 0 aliphatic heterocycles. The van der Waals surface area contributed by atoms with Gasteiger partial charge >= 0.3 is 0 Å². The Bertz CT molecular complexity index is 481. The van der Waals surface area contributed by atoms with Crippen molar-refractivity contribution < 1.29 is 17.9 Å². The minimum atomic E-state index is -3.57. The minimum Gasteiger partial charge on any atom is -0.462 e. The number of likely N-dealkylation sites (N-methyl/N-ethyl adjacent to an activating group) is 1. The van der Waals surface area contributed by atoms with E-state index in [1.807, 2.05) is 18.9 Å². The van der Waals surface area contributed by atoms with Crippen LogP contribution in [0.25, 0.3) is 0 Å². The van der Waals surface area contributed by atoms with Crippen LogP contribution in [-0.4, -0.2) is 45.1 Å². The number of furan rings is 1. The molecule has 104 valence electrons. The summed E-state index contributed by atoms with van der Waals surface area (Å²) in [5.74, 6) is 0.536. The van der Waals surface area contributed by atoms with Gasteiger partial charge in [0.05, 0.1) is 0 Å². The molecule has 1 rings (SSSR count). The van der Waals surface area contributed by atoms with Gasteiger partial charge in [0.25, 0.3) is 0 Å². The van der Waals surface area contributed by atoms with Crippen LogP contribution in [0.15, 0.2) is 15.4 Å². The molecule has 0 radical (unpaired) electrons. The molecule has 0 aliphatic carbocycles. The van der Waals surface area contributed by atoms with Crippen molar-refractivity contribution in [3.63, 3.8) is 0 Å². The standard InChI is InChI=1S/C11H20N2O4S/c1-4-13(3)6-5-12-18(15,16)11-7-10(8-14)17-9(11)2/h7,12,14H,4-6,8H2,1-3H3. The van der Waals surface area contributed by atoms with Crippen LogP contribution in [0.5, 0.6) is 0 Å². The number of rotatable bonds is 7. The molecule has 0 saturated heterocycles. The van der Waals surface area contributed by atoms with E-state index < -0.39 is 10.0 Å². The number of sulfonamides is 1. The second kappa shape index (κ2) is 6.33. The first-order valence-corrected chi connectivity index (χ1v) is 7.27. The van der Waals surface area contributed by atoms with Crippen LogP contribution in [0.1, 0.15) is 18.4 Å². The minimum absolute atomic E-state index is 0.0886. The van der Waals surface area contributed by atoms with Gasteiger partial charge in [0.15, 0.2) is 0 Å². The molecular weight excluding hydrogens is 256 g/mol. The van der Waals surface area contributed by atoms with Crippen molar-refractivity contribution in [3.05, 3.63) is 17.6 Å². The Morgan fingerprint density at radius 3 is 2.67 bits per heavy atom.